The molecule has 0 saturated carbocycles. The molecule has 30 heavy (non-hydrogen) atoms. The van der Waals surface area contributed by atoms with Crippen LogP contribution in [0.15, 0.2) is 40.0 Å². The van der Waals surface area contributed by atoms with Crippen LogP contribution < -0.4 is 10.9 Å². The molecule has 0 aliphatic carbocycles. The predicted octanol–water partition coefficient (Wildman–Crippen LogP) is 3.09. The quantitative estimate of drug-likeness (QED) is 0.604. The van der Waals surface area contributed by atoms with Crippen LogP contribution in [0.25, 0.3) is 21.7 Å². The number of hydrogen-bond donors (Lipinski definition) is 2. The van der Waals surface area contributed by atoms with E-state index in [2.05, 4.69) is 15.3 Å². The highest BCUT2D eigenvalue weighted by atomic mass is 32.2. The van der Waals surface area contributed by atoms with E-state index in [0.717, 1.165) is 5.39 Å². The number of nitrogens with zero attached hydrogens (tertiary/aromatic N) is 2. The number of anilines is 1. The molecule has 0 saturated heterocycles. The number of nitrogens with one attached hydrogen (secondary N) is 2. The van der Waals surface area contributed by atoms with Gasteiger partial charge in [-0.25, -0.2) is 13.4 Å². The van der Waals surface area contributed by atoms with E-state index in [1.54, 1.807) is 58.9 Å². The molecule has 8 nitrogen and oxygen atoms in total. The van der Waals surface area contributed by atoms with Crippen molar-refractivity contribution in [3.05, 3.63) is 40.7 Å². The Morgan fingerprint density at radius 2 is 1.77 bits per heavy atom. The number of aromatic nitrogens is 2. The van der Waals surface area contributed by atoms with Crippen LogP contribution in [0.1, 0.15) is 34.6 Å². The van der Waals surface area contributed by atoms with Gasteiger partial charge in [0.25, 0.3) is 5.56 Å². The smallest absolute Gasteiger partial charge is 0.260 e. The van der Waals surface area contributed by atoms with E-state index in [1.807, 2.05) is 0 Å². The second kappa shape index (κ2) is 7.81. The molecule has 2 N–H and O–H groups in total. The van der Waals surface area contributed by atoms with Crippen LogP contribution in [0.2, 0.25) is 0 Å². The van der Waals surface area contributed by atoms with Crippen LogP contribution in [0.3, 0.4) is 0 Å². The normalized spacial score (nSPS) is 12.6. The molecule has 0 radical (unpaired) electrons. The number of fused-ring (bicyclic) bond motifs is 3. The number of H-pyrrole nitrogens is 1. The molecular formula is C21H26N4O4S. The highest BCUT2D eigenvalue weighted by Gasteiger charge is 2.24. The highest BCUT2D eigenvalue weighted by molar-refractivity contribution is 7.89. The molecule has 3 rings (SSSR count). The maximum atomic E-state index is 12.9. The van der Waals surface area contributed by atoms with Crippen molar-refractivity contribution in [2.24, 2.45) is 5.41 Å². The van der Waals surface area contributed by atoms with Gasteiger partial charge >= 0.3 is 0 Å². The lowest BCUT2D eigenvalue weighted by Crippen LogP contribution is -2.30. The van der Waals surface area contributed by atoms with Crippen LogP contribution >= 0.6 is 0 Å². The fourth-order valence-electron chi connectivity index (χ4n) is 3.16. The molecule has 1 amide bonds. The first-order valence-corrected chi connectivity index (χ1v) is 11.2. The average Bonchev–Trinajstić information content (AvgIpc) is 2.67. The van der Waals surface area contributed by atoms with Crippen molar-refractivity contribution in [2.75, 3.05) is 18.4 Å². The first kappa shape index (κ1) is 21.9. The Morgan fingerprint density at radius 3 is 2.37 bits per heavy atom. The lowest BCUT2D eigenvalue weighted by molar-refractivity contribution is -0.123. The minimum Gasteiger partial charge on any atom is -0.296 e. The standard InChI is InChI=1S/C21H26N4O4S/c1-6-25(7-2)30(28,29)14-10-8-13-9-11-16-17(15(13)12-14)18(26)23-20(22-16)24-19(27)21(3,4)5/h8-12H,6-7H2,1-5H3,(H2,22,23,24,26,27). The summed E-state index contributed by atoms with van der Waals surface area (Å²) in [5.74, 6) is -0.225. The summed E-state index contributed by atoms with van der Waals surface area (Å²) < 4.78 is 27.2. The minimum atomic E-state index is -3.67. The third kappa shape index (κ3) is 3.95. The van der Waals surface area contributed by atoms with Crippen molar-refractivity contribution in [3.8, 4) is 0 Å². The van der Waals surface area contributed by atoms with Gasteiger partial charge in [-0.1, -0.05) is 46.8 Å². The summed E-state index contributed by atoms with van der Waals surface area (Å²) >= 11 is 0. The van der Waals surface area contributed by atoms with E-state index in [4.69, 9.17) is 0 Å². The fourth-order valence-corrected chi connectivity index (χ4v) is 4.65. The summed E-state index contributed by atoms with van der Waals surface area (Å²) in [5.41, 5.74) is -0.732. The second-order valence-corrected chi connectivity index (χ2v) is 9.99. The summed E-state index contributed by atoms with van der Waals surface area (Å²) in [4.78, 5) is 32.1. The Kier molecular flexibility index (Phi) is 5.70. The van der Waals surface area contributed by atoms with E-state index in [-0.39, 0.29) is 22.1 Å². The average molecular weight is 431 g/mol. The molecule has 0 bridgehead atoms. The zero-order chi connectivity index (χ0) is 22.3. The molecule has 0 unspecified atom stereocenters. The van der Waals surface area contributed by atoms with Gasteiger partial charge in [0.15, 0.2) is 0 Å². The molecule has 0 spiro atoms. The molecular weight excluding hydrogens is 404 g/mol. The first-order chi connectivity index (χ1) is 14.0. The van der Waals surface area contributed by atoms with Crippen molar-refractivity contribution < 1.29 is 13.2 Å². The largest absolute Gasteiger partial charge is 0.296 e. The van der Waals surface area contributed by atoms with Gasteiger partial charge in [0.2, 0.25) is 21.9 Å². The predicted molar refractivity (Wildman–Crippen MR) is 118 cm³/mol. The summed E-state index contributed by atoms with van der Waals surface area (Å²) in [5, 5.41) is 4.11. The van der Waals surface area contributed by atoms with Crippen LogP contribution in [0.4, 0.5) is 5.95 Å². The molecule has 1 heterocycles. The zero-order valence-corrected chi connectivity index (χ0v) is 18.6. The van der Waals surface area contributed by atoms with Gasteiger partial charge in [0, 0.05) is 18.5 Å². The number of aromatic amines is 1. The van der Waals surface area contributed by atoms with Crippen molar-refractivity contribution in [3.63, 3.8) is 0 Å². The van der Waals surface area contributed by atoms with Crippen molar-refractivity contribution in [2.45, 2.75) is 39.5 Å². The van der Waals surface area contributed by atoms with Gasteiger partial charge in [-0.05, 0) is 29.0 Å². The third-order valence-electron chi connectivity index (χ3n) is 4.92. The minimum absolute atomic E-state index is 0.0543. The first-order valence-electron chi connectivity index (χ1n) is 9.77. The maximum Gasteiger partial charge on any atom is 0.260 e. The van der Waals surface area contributed by atoms with Crippen LogP contribution in [0, 0.1) is 5.41 Å². The van der Waals surface area contributed by atoms with Gasteiger partial charge in [0.05, 0.1) is 15.8 Å². The third-order valence-corrected chi connectivity index (χ3v) is 6.96. The summed E-state index contributed by atoms with van der Waals surface area (Å²) in [6, 6.07) is 8.18. The lowest BCUT2D eigenvalue weighted by atomic mass is 9.96. The van der Waals surface area contributed by atoms with Crippen molar-refractivity contribution in [1.29, 1.82) is 0 Å². The molecule has 3 aromatic rings. The van der Waals surface area contributed by atoms with Gasteiger partial charge in [-0.15, -0.1) is 0 Å². The number of benzene rings is 2. The monoisotopic (exact) mass is 430 g/mol. The summed E-state index contributed by atoms with van der Waals surface area (Å²) in [6.07, 6.45) is 0. The Labute approximate surface area is 175 Å². The molecule has 9 heteroatoms. The van der Waals surface area contributed by atoms with Crippen LogP contribution in [-0.4, -0.2) is 41.7 Å². The van der Waals surface area contributed by atoms with E-state index in [9.17, 15) is 18.0 Å². The Hall–Kier alpha value is -2.78. The molecule has 0 fully saturated rings. The van der Waals surface area contributed by atoms with Gasteiger partial charge in [0.1, 0.15) is 0 Å². The zero-order valence-electron chi connectivity index (χ0n) is 17.7. The van der Waals surface area contributed by atoms with Crippen LogP contribution in [0.5, 0.6) is 0 Å². The van der Waals surface area contributed by atoms with Gasteiger partial charge in [-0.2, -0.15) is 4.31 Å². The molecule has 2 aromatic carbocycles. The molecule has 0 aliphatic rings. The molecule has 1 aromatic heterocycles. The number of carbonyl (C=O) groups excluding carboxylic acids is 1. The topological polar surface area (TPSA) is 112 Å². The Balaban J connectivity index is 2.19. The van der Waals surface area contributed by atoms with E-state index >= 15 is 0 Å². The maximum absolute atomic E-state index is 12.9. The molecule has 0 atom stereocenters. The lowest BCUT2D eigenvalue weighted by Gasteiger charge is -2.19. The van der Waals surface area contributed by atoms with Gasteiger partial charge < -0.3 is 0 Å². The fraction of sp³-hybridized carbons (Fsp3) is 0.381. The molecule has 0 aliphatic heterocycles. The Morgan fingerprint density at radius 1 is 1.13 bits per heavy atom. The highest BCUT2D eigenvalue weighted by Crippen LogP contribution is 2.27. The Bertz CT molecular complexity index is 1290. The summed E-state index contributed by atoms with van der Waals surface area (Å²) in [6.45, 7) is 9.53. The van der Waals surface area contributed by atoms with E-state index in [0.29, 0.717) is 24.0 Å². The van der Waals surface area contributed by atoms with Gasteiger partial charge in [-0.3, -0.25) is 19.9 Å². The molecule has 160 valence electrons. The second-order valence-electron chi connectivity index (χ2n) is 8.05. The summed E-state index contributed by atoms with van der Waals surface area (Å²) in [7, 11) is -3.67. The van der Waals surface area contributed by atoms with E-state index < -0.39 is 21.0 Å². The number of hydrogen-bond acceptors (Lipinski definition) is 5. The number of carbonyl (C=O) groups is 1. The van der Waals surface area contributed by atoms with Crippen molar-refractivity contribution >= 4 is 43.6 Å². The van der Waals surface area contributed by atoms with E-state index in [1.165, 1.54) is 10.4 Å². The van der Waals surface area contributed by atoms with Crippen LogP contribution in [-0.2, 0) is 14.8 Å². The number of rotatable bonds is 5. The van der Waals surface area contributed by atoms with Crippen molar-refractivity contribution in [1.82, 2.24) is 14.3 Å². The SMILES string of the molecule is CCN(CC)S(=O)(=O)c1ccc2ccc3nc(NC(=O)C(C)(C)C)[nH]c(=O)c3c2c1. The number of sulfonamides is 1. The number of amides is 1.